The number of fused-ring (bicyclic) bond motifs is 4. The Balaban J connectivity index is 0.000000152. The fourth-order valence-corrected chi connectivity index (χ4v) is 7.31. The summed E-state index contributed by atoms with van der Waals surface area (Å²) >= 11 is 3.41. The van der Waals surface area contributed by atoms with E-state index >= 15 is 0 Å². The smallest absolute Gasteiger partial charge is 0.196 e. The highest BCUT2D eigenvalue weighted by Gasteiger charge is 2.12. The minimum atomic E-state index is 0.170. The average molecular weight is 523 g/mol. The molecule has 4 aromatic carbocycles. The van der Waals surface area contributed by atoms with E-state index in [0.717, 1.165) is 58.7 Å². The van der Waals surface area contributed by atoms with Crippen LogP contribution in [0.25, 0.3) is 40.3 Å². The topological polar surface area (TPSA) is 34.1 Å². The van der Waals surface area contributed by atoms with Gasteiger partial charge in [-0.25, -0.2) is 0 Å². The van der Waals surface area contributed by atoms with E-state index in [2.05, 4.69) is 45.9 Å². The van der Waals surface area contributed by atoms with Crippen molar-refractivity contribution in [1.82, 2.24) is 0 Å². The number of hydrogen-bond donors (Lipinski definition) is 0. The standard InChI is InChI=1S/C17H16OS.C16H14OS/c1-3-11-9-10-15-16(12(11)4-2)17(18)13-7-5-6-8-14(13)19-15;1-10(2)11-7-5-9-14-15(11)16(17)12-6-3-4-8-13(12)18-14/h5-10H,3-4H2,1-2H3;3-10H,1-2H3. The van der Waals surface area contributed by atoms with Crippen molar-refractivity contribution in [3.05, 3.63) is 116 Å². The van der Waals surface area contributed by atoms with Crippen molar-refractivity contribution in [2.45, 2.75) is 46.5 Å². The van der Waals surface area contributed by atoms with E-state index in [1.165, 1.54) is 11.1 Å². The van der Waals surface area contributed by atoms with Gasteiger partial charge < -0.3 is 0 Å². The van der Waals surface area contributed by atoms with Gasteiger partial charge in [-0.15, -0.1) is 22.7 Å². The minimum absolute atomic E-state index is 0.170. The summed E-state index contributed by atoms with van der Waals surface area (Å²) in [6, 6.07) is 26.2. The molecule has 0 aliphatic heterocycles. The molecule has 2 nitrogen and oxygen atoms in total. The van der Waals surface area contributed by atoms with Crippen LogP contribution in [-0.2, 0) is 12.8 Å². The Bertz CT molecular complexity index is 1880. The summed E-state index contributed by atoms with van der Waals surface area (Å²) in [6.45, 7) is 8.55. The van der Waals surface area contributed by atoms with E-state index in [1.807, 2.05) is 60.7 Å². The second kappa shape index (κ2) is 10.6. The molecule has 6 aromatic rings. The molecule has 0 amide bonds. The average Bonchev–Trinajstić information content (AvgIpc) is 2.92. The maximum Gasteiger partial charge on any atom is 0.196 e. The maximum atomic E-state index is 12.7. The predicted molar refractivity (Wildman–Crippen MR) is 164 cm³/mol. The fourth-order valence-electron chi connectivity index (χ4n) is 5.09. The van der Waals surface area contributed by atoms with Crippen molar-refractivity contribution in [1.29, 1.82) is 0 Å². The van der Waals surface area contributed by atoms with Crippen LogP contribution >= 0.6 is 22.7 Å². The lowest BCUT2D eigenvalue weighted by Crippen LogP contribution is -2.06. The van der Waals surface area contributed by atoms with Gasteiger partial charge in [-0.3, -0.25) is 9.59 Å². The third-order valence-electron chi connectivity index (χ3n) is 6.94. The zero-order chi connectivity index (χ0) is 26.1. The van der Waals surface area contributed by atoms with Crippen molar-refractivity contribution < 1.29 is 0 Å². The molecule has 0 unspecified atom stereocenters. The van der Waals surface area contributed by atoms with Crippen LogP contribution < -0.4 is 10.9 Å². The van der Waals surface area contributed by atoms with Crippen LogP contribution in [-0.4, -0.2) is 0 Å². The van der Waals surface area contributed by atoms with E-state index < -0.39 is 0 Å². The summed E-state index contributed by atoms with van der Waals surface area (Å²) in [5, 5.41) is 3.52. The fraction of sp³-hybridized carbons (Fsp3) is 0.212. The van der Waals surface area contributed by atoms with Crippen LogP contribution in [0.1, 0.15) is 50.3 Å². The third-order valence-corrected chi connectivity index (χ3v) is 9.22. The molecule has 186 valence electrons. The lowest BCUT2D eigenvalue weighted by atomic mass is 9.98. The Hall–Kier alpha value is -3.34. The van der Waals surface area contributed by atoms with Gasteiger partial charge in [0, 0.05) is 40.3 Å². The molecule has 0 spiro atoms. The summed E-state index contributed by atoms with van der Waals surface area (Å²) in [5.74, 6) is 0.370. The van der Waals surface area contributed by atoms with Gasteiger partial charge in [0.25, 0.3) is 0 Å². The van der Waals surface area contributed by atoms with E-state index in [9.17, 15) is 9.59 Å². The molecule has 37 heavy (non-hydrogen) atoms. The van der Waals surface area contributed by atoms with Gasteiger partial charge in [0.05, 0.1) is 0 Å². The molecule has 0 atom stereocenters. The molecular formula is C33H30O2S2. The monoisotopic (exact) mass is 522 g/mol. The molecule has 0 N–H and O–H groups in total. The Morgan fingerprint density at radius 2 is 1.14 bits per heavy atom. The molecule has 6 rings (SSSR count). The zero-order valence-electron chi connectivity index (χ0n) is 21.6. The van der Waals surface area contributed by atoms with Crippen molar-refractivity contribution in [3.8, 4) is 0 Å². The number of aryl methyl sites for hydroxylation is 2. The van der Waals surface area contributed by atoms with Gasteiger partial charge in [0.15, 0.2) is 10.9 Å². The van der Waals surface area contributed by atoms with E-state index in [4.69, 9.17) is 0 Å². The Labute approximate surface area is 224 Å². The number of hydrogen-bond acceptors (Lipinski definition) is 4. The highest BCUT2D eigenvalue weighted by atomic mass is 32.1. The van der Waals surface area contributed by atoms with Crippen molar-refractivity contribution in [3.63, 3.8) is 0 Å². The van der Waals surface area contributed by atoms with Crippen molar-refractivity contribution in [2.75, 3.05) is 0 Å². The zero-order valence-corrected chi connectivity index (χ0v) is 23.3. The molecule has 0 aliphatic rings. The highest BCUT2D eigenvalue weighted by Crippen LogP contribution is 2.30. The Morgan fingerprint density at radius 1 is 0.595 bits per heavy atom. The lowest BCUT2D eigenvalue weighted by Gasteiger charge is -2.10. The van der Waals surface area contributed by atoms with E-state index in [1.54, 1.807) is 22.7 Å². The minimum Gasteiger partial charge on any atom is -0.288 e. The third kappa shape index (κ3) is 4.60. The Kier molecular flexibility index (Phi) is 7.23. The normalized spacial score (nSPS) is 11.4. The van der Waals surface area contributed by atoms with Crippen LogP contribution in [0.15, 0.2) is 88.5 Å². The number of rotatable bonds is 3. The second-order valence-electron chi connectivity index (χ2n) is 9.51. The first-order valence-electron chi connectivity index (χ1n) is 12.8. The molecule has 0 fully saturated rings. The molecular weight excluding hydrogens is 492 g/mol. The first-order valence-corrected chi connectivity index (χ1v) is 14.5. The van der Waals surface area contributed by atoms with E-state index in [0.29, 0.717) is 5.92 Å². The van der Waals surface area contributed by atoms with Gasteiger partial charge in [0.2, 0.25) is 0 Å². The Morgan fingerprint density at radius 3 is 1.70 bits per heavy atom. The molecule has 0 bridgehead atoms. The first kappa shape index (κ1) is 25.3. The SMILES string of the molecule is CC(C)c1cccc2sc3ccccc3c(=O)c12.CCc1ccc2sc3ccccc3c(=O)c2c1CC. The highest BCUT2D eigenvalue weighted by molar-refractivity contribution is 7.25. The summed E-state index contributed by atoms with van der Waals surface area (Å²) in [5.41, 5.74) is 4.04. The summed E-state index contributed by atoms with van der Waals surface area (Å²) < 4.78 is 4.34. The summed E-state index contributed by atoms with van der Waals surface area (Å²) in [6.07, 6.45) is 1.90. The molecule has 0 radical (unpaired) electrons. The molecule has 2 aromatic heterocycles. The van der Waals surface area contributed by atoms with Crippen LogP contribution in [0, 0.1) is 0 Å². The van der Waals surface area contributed by atoms with Gasteiger partial charge in [-0.1, -0.05) is 70.2 Å². The number of benzene rings is 4. The van der Waals surface area contributed by atoms with Gasteiger partial charge in [-0.2, -0.15) is 0 Å². The van der Waals surface area contributed by atoms with Crippen LogP contribution in [0.2, 0.25) is 0 Å². The molecule has 2 heterocycles. The van der Waals surface area contributed by atoms with E-state index in [-0.39, 0.29) is 10.9 Å². The second-order valence-corrected chi connectivity index (χ2v) is 11.7. The maximum absolute atomic E-state index is 12.7. The van der Waals surface area contributed by atoms with Crippen LogP contribution in [0.5, 0.6) is 0 Å². The first-order chi connectivity index (χ1) is 17.9. The summed E-state index contributed by atoms with van der Waals surface area (Å²) in [4.78, 5) is 25.4. The summed E-state index contributed by atoms with van der Waals surface area (Å²) in [7, 11) is 0. The lowest BCUT2D eigenvalue weighted by molar-refractivity contribution is 0.876. The molecule has 4 heteroatoms. The predicted octanol–water partition coefficient (Wildman–Crippen LogP) is 9.08. The van der Waals surface area contributed by atoms with Gasteiger partial charge in [-0.05, 0) is 71.8 Å². The molecule has 0 aliphatic carbocycles. The molecule has 0 saturated heterocycles. The van der Waals surface area contributed by atoms with Crippen LogP contribution in [0.4, 0.5) is 0 Å². The largest absolute Gasteiger partial charge is 0.288 e. The van der Waals surface area contributed by atoms with Crippen molar-refractivity contribution >= 4 is 63.0 Å². The van der Waals surface area contributed by atoms with Gasteiger partial charge >= 0.3 is 0 Å². The van der Waals surface area contributed by atoms with Crippen LogP contribution in [0.3, 0.4) is 0 Å². The van der Waals surface area contributed by atoms with Gasteiger partial charge in [0.1, 0.15) is 0 Å². The molecule has 0 saturated carbocycles. The van der Waals surface area contributed by atoms with Crippen molar-refractivity contribution in [2.24, 2.45) is 0 Å². The quantitative estimate of drug-likeness (QED) is 0.217.